The molecule has 7 heteroatoms. The Hall–Kier alpha value is -2.54. The average molecular weight is 456 g/mol. The fraction of sp³-hybridized carbons (Fsp3) is 0.615. The van der Waals surface area contributed by atoms with Gasteiger partial charge in [0.2, 0.25) is 0 Å². The van der Waals surface area contributed by atoms with Crippen molar-refractivity contribution in [1.82, 2.24) is 14.2 Å². The number of nitrogens with zero attached hydrogens (tertiary/aromatic N) is 3. The van der Waals surface area contributed by atoms with Crippen LogP contribution in [0.5, 0.6) is 0 Å². The molecule has 7 nitrogen and oxygen atoms in total. The van der Waals surface area contributed by atoms with Crippen LogP contribution >= 0.6 is 0 Å². The van der Waals surface area contributed by atoms with Crippen LogP contribution in [0.4, 0.5) is 4.79 Å². The number of hydrogen-bond acceptors (Lipinski definition) is 5. The number of carbonyl (C=O) groups excluding carboxylic acids is 2. The molecule has 2 aromatic heterocycles. The van der Waals surface area contributed by atoms with E-state index in [1.807, 2.05) is 63.1 Å². The molecular formula is C26H37N3O4. The molecule has 4 rings (SSSR count). The van der Waals surface area contributed by atoms with Gasteiger partial charge >= 0.3 is 12.1 Å². The lowest BCUT2D eigenvalue weighted by Gasteiger charge is -2.46. The monoisotopic (exact) mass is 455 g/mol. The molecule has 2 fully saturated rings. The van der Waals surface area contributed by atoms with Crippen molar-refractivity contribution in [2.75, 3.05) is 32.8 Å². The van der Waals surface area contributed by atoms with Crippen LogP contribution in [0.1, 0.15) is 69.4 Å². The van der Waals surface area contributed by atoms with E-state index in [4.69, 9.17) is 9.47 Å². The van der Waals surface area contributed by atoms with E-state index in [0.29, 0.717) is 17.6 Å². The van der Waals surface area contributed by atoms with Gasteiger partial charge in [-0.05, 0) is 90.1 Å². The number of piperidine rings is 2. The minimum atomic E-state index is -0.455. The molecule has 0 radical (unpaired) electrons. The summed E-state index contributed by atoms with van der Waals surface area (Å²) in [6, 6.07) is 7.94. The number of likely N-dealkylation sites (tertiary alicyclic amines) is 2. The van der Waals surface area contributed by atoms with Crippen molar-refractivity contribution in [3.05, 3.63) is 41.7 Å². The van der Waals surface area contributed by atoms with Crippen molar-refractivity contribution in [1.29, 1.82) is 0 Å². The highest BCUT2D eigenvalue weighted by atomic mass is 16.6. The Morgan fingerprint density at radius 3 is 2.33 bits per heavy atom. The van der Waals surface area contributed by atoms with E-state index < -0.39 is 5.60 Å². The molecule has 2 aliphatic rings. The third kappa shape index (κ3) is 5.35. The number of fused-ring (bicyclic) bond motifs is 1. The number of aromatic nitrogens is 1. The fourth-order valence-corrected chi connectivity index (χ4v) is 5.12. The predicted molar refractivity (Wildman–Crippen MR) is 127 cm³/mol. The van der Waals surface area contributed by atoms with Gasteiger partial charge in [-0.25, -0.2) is 9.59 Å². The second-order valence-corrected chi connectivity index (χ2v) is 10.5. The van der Waals surface area contributed by atoms with Crippen LogP contribution in [0.25, 0.3) is 5.52 Å². The minimum Gasteiger partial charge on any atom is -0.462 e. The first-order chi connectivity index (χ1) is 15.7. The standard InChI is InChI=1S/C26H37N3O4/c1-5-32-23(30)21-18-20-8-6-7-13-29(20)22(21)19-27-14-9-26(10-15-27)11-16-28(17-12-26)24(31)33-25(2,3)4/h6-8,13,18H,5,9-12,14-17,19H2,1-4H3. The topological polar surface area (TPSA) is 63.5 Å². The summed E-state index contributed by atoms with van der Waals surface area (Å²) in [6.45, 7) is 12.2. The lowest BCUT2D eigenvalue weighted by molar-refractivity contribution is -0.00334. The van der Waals surface area contributed by atoms with Gasteiger partial charge in [-0.2, -0.15) is 0 Å². The number of pyridine rings is 1. The molecule has 2 aliphatic heterocycles. The number of esters is 1. The van der Waals surface area contributed by atoms with Crippen LogP contribution in [0.15, 0.2) is 30.5 Å². The molecule has 0 bridgehead atoms. The van der Waals surface area contributed by atoms with Gasteiger partial charge in [-0.1, -0.05) is 6.07 Å². The molecule has 0 atom stereocenters. The highest BCUT2D eigenvalue weighted by molar-refractivity contribution is 5.93. The lowest BCUT2D eigenvalue weighted by atomic mass is 9.71. The van der Waals surface area contributed by atoms with Crippen LogP contribution in [-0.4, -0.2) is 64.7 Å². The predicted octanol–water partition coefficient (Wildman–Crippen LogP) is 4.73. The fourth-order valence-electron chi connectivity index (χ4n) is 5.12. The van der Waals surface area contributed by atoms with Crippen molar-refractivity contribution < 1.29 is 19.1 Å². The molecule has 0 aromatic carbocycles. The first-order valence-corrected chi connectivity index (χ1v) is 12.2. The van der Waals surface area contributed by atoms with Gasteiger partial charge in [0.1, 0.15) is 5.60 Å². The van der Waals surface area contributed by atoms with Crippen molar-refractivity contribution in [3.8, 4) is 0 Å². The van der Waals surface area contributed by atoms with E-state index in [2.05, 4.69) is 9.30 Å². The molecule has 180 valence electrons. The third-order valence-corrected chi connectivity index (χ3v) is 7.05. The maximum Gasteiger partial charge on any atom is 0.410 e. The molecule has 4 heterocycles. The summed E-state index contributed by atoms with van der Waals surface area (Å²) in [5, 5.41) is 0. The summed E-state index contributed by atoms with van der Waals surface area (Å²) in [5.74, 6) is -0.251. The van der Waals surface area contributed by atoms with Gasteiger partial charge in [0.25, 0.3) is 0 Å². The van der Waals surface area contributed by atoms with Gasteiger partial charge in [-0.3, -0.25) is 4.90 Å². The zero-order valence-electron chi connectivity index (χ0n) is 20.4. The Morgan fingerprint density at radius 1 is 1.03 bits per heavy atom. The molecule has 1 spiro atoms. The number of amides is 1. The molecule has 0 aliphatic carbocycles. The second kappa shape index (κ2) is 9.37. The smallest absolute Gasteiger partial charge is 0.410 e. The molecule has 2 saturated heterocycles. The Labute approximate surface area is 196 Å². The second-order valence-electron chi connectivity index (χ2n) is 10.5. The molecule has 0 unspecified atom stereocenters. The van der Waals surface area contributed by atoms with E-state index in [9.17, 15) is 9.59 Å². The quantitative estimate of drug-likeness (QED) is 0.624. The molecule has 0 N–H and O–H groups in total. The summed E-state index contributed by atoms with van der Waals surface area (Å²) in [7, 11) is 0. The van der Waals surface area contributed by atoms with Crippen LogP contribution in [0, 0.1) is 5.41 Å². The van der Waals surface area contributed by atoms with Crippen molar-refractivity contribution in [2.24, 2.45) is 5.41 Å². The maximum atomic E-state index is 12.6. The first-order valence-electron chi connectivity index (χ1n) is 12.2. The van der Waals surface area contributed by atoms with Crippen LogP contribution in [-0.2, 0) is 16.0 Å². The third-order valence-electron chi connectivity index (χ3n) is 7.05. The van der Waals surface area contributed by atoms with E-state index in [1.54, 1.807) is 0 Å². The summed E-state index contributed by atoms with van der Waals surface area (Å²) >= 11 is 0. The largest absolute Gasteiger partial charge is 0.462 e. The molecule has 1 amide bonds. The van der Waals surface area contributed by atoms with Crippen molar-refractivity contribution in [3.63, 3.8) is 0 Å². The lowest BCUT2D eigenvalue weighted by Crippen LogP contribution is -2.49. The van der Waals surface area contributed by atoms with Crippen LogP contribution in [0.2, 0.25) is 0 Å². The van der Waals surface area contributed by atoms with Gasteiger partial charge in [-0.15, -0.1) is 0 Å². The molecule has 0 saturated carbocycles. The van der Waals surface area contributed by atoms with E-state index in [1.165, 1.54) is 0 Å². The highest BCUT2D eigenvalue weighted by Gasteiger charge is 2.39. The minimum absolute atomic E-state index is 0.193. The summed E-state index contributed by atoms with van der Waals surface area (Å²) in [5.41, 5.74) is 2.52. The normalized spacial score (nSPS) is 19.1. The Morgan fingerprint density at radius 2 is 1.70 bits per heavy atom. The van der Waals surface area contributed by atoms with E-state index >= 15 is 0 Å². The van der Waals surface area contributed by atoms with Crippen molar-refractivity contribution in [2.45, 2.75) is 65.5 Å². The zero-order valence-corrected chi connectivity index (χ0v) is 20.4. The highest BCUT2D eigenvalue weighted by Crippen LogP contribution is 2.42. The number of hydrogen-bond donors (Lipinski definition) is 0. The maximum absolute atomic E-state index is 12.6. The Balaban J connectivity index is 1.38. The summed E-state index contributed by atoms with van der Waals surface area (Å²) in [4.78, 5) is 29.3. The van der Waals surface area contributed by atoms with E-state index in [0.717, 1.165) is 69.6 Å². The molecular weight excluding hydrogens is 418 g/mol. The number of rotatable bonds is 4. The van der Waals surface area contributed by atoms with E-state index in [-0.39, 0.29) is 12.1 Å². The number of ether oxygens (including phenoxy) is 2. The van der Waals surface area contributed by atoms with Gasteiger partial charge in [0.15, 0.2) is 0 Å². The SMILES string of the molecule is CCOC(=O)c1cc2ccccn2c1CN1CCC2(CC1)CCN(C(=O)OC(C)(C)C)CC2. The van der Waals surface area contributed by atoms with Gasteiger partial charge < -0.3 is 18.8 Å². The Bertz CT molecular complexity index is 989. The molecule has 2 aromatic rings. The first kappa shape index (κ1) is 23.6. The number of carbonyl (C=O) groups is 2. The van der Waals surface area contributed by atoms with Crippen LogP contribution in [0.3, 0.4) is 0 Å². The van der Waals surface area contributed by atoms with Gasteiger partial charge in [0.05, 0.1) is 17.9 Å². The summed E-state index contributed by atoms with van der Waals surface area (Å²) < 4.78 is 13.0. The van der Waals surface area contributed by atoms with Crippen molar-refractivity contribution >= 4 is 17.6 Å². The summed E-state index contributed by atoms with van der Waals surface area (Å²) in [6.07, 6.45) is 6.12. The zero-order chi connectivity index (χ0) is 23.6. The molecule has 33 heavy (non-hydrogen) atoms. The van der Waals surface area contributed by atoms with Crippen LogP contribution < -0.4 is 0 Å². The van der Waals surface area contributed by atoms with Gasteiger partial charge in [0, 0.05) is 31.3 Å². The Kier molecular flexibility index (Phi) is 6.71. The average Bonchev–Trinajstić information content (AvgIpc) is 3.13.